The molecule has 124 valence electrons. The normalized spacial score (nSPS) is 14.5. The summed E-state index contributed by atoms with van der Waals surface area (Å²) in [6.07, 6.45) is 0.877. The Morgan fingerprint density at radius 1 is 1.39 bits per heavy atom. The molecule has 2 aromatic rings. The average Bonchev–Trinajstić information content (AvgIpc) is 2.92. The quantitative estimate of drug-likeness (QED) is 0.775. The molecule has 0 fully saturated rings. The molecule has 2 heterocycles. The number of nitrogens with one attached hydrogen (secondary N) is 3. The van der Waals surface area contributed by atoms with Gasteiger partial charge in [-0.1, -0.05) is 24.3 Å². The van der Waals surface area contributed by atoms with E-state index in [4.69, 9.17) is 0 Å². The van der Waals surface area contributed by atoms with Crippen LogP contribution in [0.25, 0.3) is 0 Å². The molecule has 1 aromatic carbocycles. The Kier molecular flexibility index (Phi) is 4.26. The molecule has 1 aliphatic heterocycles. The van der Waals surface area contributed by atoms with E-state index in [1.54, 1.807) is 13.0 Å². The van der Waals surface area contributed by atoms with Crippen LogP contribution in [-0.2, 0) is 29.4 Å². The maximum atomic E-state index is 14.6. The highest BCUT2D eigenvalue weighted by molar-refractivity contribution is 7.94. The summed E-state index contributed by atoms with van der Waals surface area (Å²) in [5.41, 5.74) is 1.60. The standard InChI is InChI=1S/C14H16FN3O3S2/c1-2-10-13(22-14(19)17-10)23(20,21)18-11-4-3-8-7-16-6-5-9(8)12(11)15/h3-4,16,18H,2,5-7H2,1H3,(H,17,19). The van der Waals surface area contributed by atoms with Crippen molar-refractivity contribution in [2.24, 2.45) is 0 Å². The van der Waals surface area contributed by atoms with Crippen molar-refractivity contribution in [1.29, 1.82) is 0 Å². The predicted molar refractivity (Wildman–Crippen MR) is 86.9 cm³/mol. The maximum absolute atomic E-state index is 14.6. The van der Waals surface area contributed by atoms with Gasteiger partial charge in [0, 0.05) is 12.2 Å². The number of rotatable bonds is 4. The van der Waals surface area contributed by atoms with E-state index in [1.807, 2.05) is 0 Å². The molecule has 0 unspecified atom stereocenters. The van der Waals surface area contributed by atoms with Crippen LogP contribution in [0.4, 0.5) is 10.1 Å². The van der Waals surface area contributed by atoms with Gasteiger partial charge in [-0.2, -0.15) is 0 Å². The van der Waals surface area contributed by atoms with Crippen LogP contribution in [0.2, 0.25) is 0 Å². The van der Waals surface area contributed by atoms with Gasteiger partial charge in [-0.25, -0.2) is 12.8 Å². The summed E-state index contributed by atoms with van der Waals surface area (Å²) >= 11 is 0.606. The van der Waals surface area contributed by atoms with Gasteiger partial charge in [-0.3, -0.25) is 9.52 Å². The second-order valence-electron chi connectivity index (χ2n) is 5.23. The fraction of sp³-hybridized carbons (Fsp3) is 0.357. The summed E-state index contributed by atoms with van der Waals surface area (Å²) in [6.45, 7) is 2.96. The van der Waals surface area contributed by atoms with Crippen LogP contribution < -0.4 is 14.9 Å². The summed E-state index contributed by atoms with van der Waals surface area (Å²) in [6, 6.07) is 3.13. The highest BCUT2D eigenvalue weighted by atomic mass is 32.2. The number of halogens is 1. The Balaban J connectivity index is 1.99. The molecule has 0 radical (unpaired) electrons. The van der Waals surface area contributed by atoms with E-state index in [0.717, 1.165) is 5.56 Å². The van der Waals surface area contributed by atoms with Crippen LogP contribution in [0, 0.1) is 5.82 Å². The van der Waals surface area contributed by atoms with Crippen LogP contribution in [0.5, 0.6) is 0 Å². The lowest BCUT2D eigenvalue weighted by molar-refractivity contribution is 0.570. The lowest BCUT2D eigenvalue weighted by Gasteiger charge is -2.19. The van der Waals surface area contributed by atoms with E-state index in [9.17, 15) is 17.6 Å². The summed E-state index contributed by atoms with van der Waals surface area (Å²) in [4.78, 5) is 13.5. The van der Waals surface area contributed by atoms with E-state index in [-0.39, 0.29) is 9.90 Å². The first-order valence-electron chi connectivity index (χ1n) is 7.18. The zero-order chi connectivity index (χ0) is 16.6. The Bertz CT molecular complexity index is 902. The number of thiazole rings is 1. The molecule has 3 N–H and O–H groups in total. The highest BCUT2D eigenvalue weighted by Crippen LogP contribution is 2.27. The molecule has 0 aliphatic carbocycles. The highest BCUT2D eigenvalue weighted by Gasteiger charge is 2.25. The van der Waals surface area contributed by atoms with Crippen molar-refractivity contribution in [2.45, 2.75) is 30.5 Å². The topological polar surface area (TPSA) is 91.1 Å². The van der Waals surface area contributed by atoms with Crippen molar-refractivity contribution in [1.82, 2.24) is 10.3 Å². The molecule has 3 rings (SSSR count). The van der Waals surface area contributed by atoms with Crippen molar-refractivity contribution in [3.8, 4) is 0 Å². The Morgan fingerprint density at radius 2 is 2.17 bits per heavy atom. The Morgan fingerprint density at radius 3 is 2.91 bits per heavy atom. The van der Waals surface area contributed by atoms with E-state index < -0.39 is 20.7 Å². The smallest absolute Gasteiger partial charge is 0.306 e. The first kappa shape index (κ1) is 16.2. The third-order valence-corrected chi connectivity index (χ3v) is 6.58. The molecule has 0 spiro atoms. The number of fused-ring (bicyclic) bond motifs is 1. The number of sulfonamides is 1. The minimum Gasteiger partial charge on any atom is -0.315 e. The number of benzene rings is 1. The molecule has 1 aliphatic rings. The van der Waals surface area contributed by atoms with Crippen molar-refractivity contribution in [2.75, 3.05) is 11.3 Å². The zero-order valence-electron chi connectivity index (χ0n) is 12.4. The maximum Gasteiger partial charge on any atom is 0.306 e. The average molecular weight is 357 g/mol. The van der Waals surface area contributed by atoms with Gasteiger partial charge in [0.25, 0.3) is 10.0 Å². The Hall–Kier alpha value is -1.71. The molecule has 0 amide bonds. The minimum absolute atomic E-state index is 0.0893. The van der Waals surface area contributed by atoms with Gasteiger partial charge >= 0.3 is 4.87 Å². The summed E-state index contributed by atoms with van der Waals surface area (Å²) < 4.78 is 41.7. The number of anilines is 1. The molecule has 0 saturated heterocycles. The van der Waals surface area contributed by atoms with E-state index in [1.165, 1.54) is 6.07 Å². The van der Waals surface area contributed by atoms with Crippen molar-refractivity contribution in [3.63, 3.8) is 0 Å². The van der Waals surface area contributed by atoms with Gasteiger partial charge in [-0.15, -0.1) is 0 Å². The molecule has 0 atom stereocenters. The van der Waals surface area contributed by atoms with E-state index in [2.05, 4.69) is 15.0 Å². The third-order valence-electron chi connectivity index (χ3n) is 3.73. The molecule has 9 heteroatoms. The largest absolute Gasteiger partial charge is 0.315 e. The van der Waals surface area contributed by atoms with Gasteiger partial charge in [-0.05, 0) is 36.6 Å². The first-order chi connectivity index (χ1) is 10.9. The van der Waals surface area contributed by atoms with Gasteiger partial charge in [0.2, 0.25) is 0 Å². The van der Waals surface area contributed by atoms with Gasteiger partial charge < -0.3 is 10.3 Å². The molecular weight excluding hydrogens is 341 g/mol. The molecule has 0 bridgehead atoms. The van der Waals surface area contributed by atoms with Crippen LogP contribution in [0.15, 0.2) is 21.1 Å². The van der Waals surface area contributed by atoms with Gasteiger partial charge in [0.1, 0.15) is 0 Å². The lowest BCUT2D eigenvalue weighted by Crippen LogP contribution is -2.25. The molecule has 1 aromatic heterocycles. The summed E-state index contributed by atoms with van der Waals surface area (Å²) in [5.74, 6) is -0.548. The van der Waals surface area contributed by atoms with Crippen LogP contribution in [0.1, 0.15) is 23.7 Å². The van der Waals surface area contributed by atoms with Gasteiger partial charge in [0.15, 0.2) is 10.0 Å². The van der Waals surface area contributed by atoms with Crippen LogP contribution in [0.3, 0.4) is 0 Å². The molecule has 23 heavy (non-hydrogen) atoms. The summed E-state index contributed by atoms with van der Waals surface area (Å²) in [5, 5.41) is 3.14. The molecular formula is C14H16FN3O3S2. The lowest BCUT2D eigenvalue weighted by atomic mass is 10.00. The number of aromatic nitrogens is 1. The minimum atomic E-state index is -4.00. The Labute approximate surface area is 136 Å². The molecule has 0 saturated carbocycles. The number of hydrogen-bond acceptors (Lipinski definition) is 5. The second kappa shape index (κ2) is 6.06. The molecule has 6 nitrogen and oxygen atoms in total. The number of aryl methyl sites for hydroxylation is 1. The predicted octanol–water partition coefficient (Wildman–Crippen LogP) is 1.58. The SMILES string of the molecule is CCc1[nH]c(=O)sc1S(=O)(=O)Nc1ccc2c(c1F)CCNC2. The third kappa shape index (κ3) is 3.04. The van der Waals surface area contributed by atoms with Gasteiger partial charge in [0.05, 0.1) is 5.69 Å². The second-order valence-corrected chi connectivity index (χ2v) is 8.09. The van der Waals surface area contributed by atoms with Crippen molar-refractivity contribution >= 4 is 27.0 Å². The van der Waals surface area contributed by atoms with E-state index in [0.29, 0.717) is 48.5 Å². The van der Waals surface area contributed by atoms with E-state index >= 15 is 0 Å². The fourth-order valence-corrected chi connectivity index (χ4v) is 5.11. The number of hydrogen-bond donors (Lipinski definition) is 3. The van der Waals surface area contributed by atoms with Crippen molar-refractivity contribution < 1.29 is 12.8 Å². The number of H-pyrrole nitrogens is 1. The number of aromatic amines is 1. The summed E-state index contributed by atoms with van der Waals surface area (Å²) in [7, 11) is -4.00. The zero-order valence-corrected chi connectivity index (χ0v) is 14.0. The van der Waals surface area contributed by atoms with Crippen LogP contribution in [-0.4, -0.2) is 19.9 Å². The van der Waals surface area contributed by atoms with Crippen LogP contribution >= 0.6 is 11.3 Å². The fourth-order valence-electron chi connectivity index (χ4n) is 2.60. The monoisotopic (exact) mass is 357 g/mol. The van der Waals surface area contributed by atoms with Crippen molar-refractivity contribution in [3.05, 3.63) is 44.4 Å². The first-order valence-corrected chi connectivity index (χ1v) is 9.48.